The zero-order chi connectivity index (χ0) is 16.5. The molecule has 0 aliphatic heterocycles. The highest BCUT2D eigenvalue weighted by Crippen LogP contribution is 2.25. The molecule has 1 N–H and O–H groups in total. The minimum Gasteiger partial charge on any atom is -0.508 e. The van der Waals surface area contributed by atoms with Crippen LogP contribution in [-0.2, 0) is 0 Å². The number of rotatable bonds is 3. The number of thiophene rings is 2. The van der Waals surface area contributed by atoms with E-state index in [9.17, 15) is 9.90 Å². The van der Waals surface area contributed by atoms with Crippen LogP contribution in [-0.4, -0.2) is 21.0 Å². The minimum absolute atomic E-state index is 0.185. The maximum atomic E-state index is 12.8. The van der Waals surface area contributed by atoms with Crippen molar-refractivity contribution < 1.29 is 5.11 Å². The first-order chi connectivity index (χ1) is 11.7. The standard InChI is InChI=1S/C17H11N3O2S2/c21-12-5-3-11(4-6-12)10-18-20-16(14-2-1-8-23-14)19-13-7-9-24-15(13)17(20)22/h1-10,21H. The number of nitrogens with zero attached hydrogens (tertiary/aromatic N) is 3. The van der Waals surface area contributed by atoms with Crippen molar-refractivity contribution in [1.82, 2.24) is 9.66 Å². The minimum atomic E-state index is -0.187. The van der Waals surface area contributed by atoms with Gasteiger partial charge in [0.2, 0.25) is 0 Å². The van der Waals surface area contributed by atoms with Crippen LogP contribution in [0, 0.1) is 0 Å². The number of phenols is 1. The van der Waals surface area contributed by atoms with Gasteiger partial charge < -0.3 is 5.11 Å². The van der Waals surface area contributed by atoms with Gasteiger partial charge in [0.15, 0.2) is 5.82 Å². The molecule has 3 heterocycles. The molecule has 0 spiro atoms. The molecule has 0 aliphatic rings. The molecule has 0 unspecified atom stereocenters. The second kappa shape index (κ2) is 6.03. The second-order valence-corrected chi connectivity index (χ2v) is 6.86. The molecular weight excluding hydrogens is 342 g/mol. The summed E-state index contributed by atoms with van der Waals surface area (Å²) < 4.78 is 1.91. The lowest BCUT2D eigenvalue weighted by molar-refractivity contribution is 0.475. The zero-order valence-corrected chi connectivity index (χ0v) is 13.9. The van der Waals surface area contributed by atoms with Gasteiger partial charge in [-0.3, -0.25) is 4.79 Å². The van der Waals surface area contributed by atoms with Crippen LogP contribution >= 0.6 is 22.7 Å². The van der Waals surface area contributed by atoms with E-state index < -0.39 is 0 Å². The predicted octanol–water partition coefficient (Wildman–Crippen LogP) is 3.77. The number of aromatic nitrogens is 2. The predicted molar refractivity (Wildman–Crippen MR) is 98.3 cm³/mol. The molecule has 0 bridgehead atoms. The second-order valence-electron chi connectivity index (χ2n) is 5.00. The Balaban J connectivity index is 1.89. The van der Waals surface area contributed by atoms with Crippen molar-refractivity contribution in [3.8, 4) is 16.5 Å². The van der Waals surface area contributed by atoms with Crippen molar-refractivity contribution >= 4 is 39.1 Å². The fraction of sp³-hybridized carbons (Fsp3) is 0. The first-order valence-corrected chi connectivity index (χ1v) is 8.86. The third-order valence-electron chi connectivity index (χ3n) is 3.41. The van der Waals surface area contributed by atoms with Crippen LogP contribution in [0.25, 0.3) is 20.9 Å². The zero-order valence-electron chi connectivity index (χ0n) is 12.3. The third kappa shape index (κ3) is 2.64. The molecule has 0 saturated heterocycles. The highest BCUT2D eigenvalue weighted by atomic mass is 32.1. The Kier molecular flexibility index (Phi) is 3.72. The molecule has 0 saturated carbocycles. The molecule has 0 aliphatic carbocycles. The van der Waals surface area contributed by atoms with E-state index in [1.165, 1.54) is 27.3 Å². The number of benzene rings is 1. The van der Waals surface area contributed by atoms with Gasteiger partial charge in [0.25, 0.3) is 5.56 Å². The van der Waals surface area contributed by atoms with E-state index in [1.807, 2.05) is 29.0 Å². The SMILES string of the molecule is O=c1c2sccc2nc(-c2cccs2)n1N=Cc1ccc(O)cc1. The number of hydrogen-bond donors (Lipinski definition) is 1. The summed E-state index contributed by atoms with van der Waals surface area (Å²) >= 11 is 2.87. The van der Waals surface area contributed by atoms with Crippen molar-refractivity contribution in [3.05, 3.63) is 69.1 Å². The third-order valence-corrected chi connectivity index (χ3v) is 5.17. The monoisotopic (exact) mass is 353 g/mol. The van der Waals surface area contributed by atoms with Crippen LogP contribution in [0.3, 0.4) is 0 Å². The van der Waals surface area contributed by atoms with Crippen molar-refractivity contribution in [2.45, 2.75) is 0 Å². The normalized spacial score (nSPS) is 11.5. The van der Waals surface area contributed by atoms with E-state index in [0.717, 1.165) is 10.4 Å². The maximum Gasteiger partial charge on any atom is 0.292 e. The Morgan fingerprint density at radius 3 is 2.67 bits per heavy atom. The molecule has 1 aromatic carbocycles. The molecule has 4 rings (SSSR count). The van der Waals surface area contributed by atoms with Crippen molar-refractivity contribution in [2.24, 2.45) is 5.10 Å². The van der Waals surface area contributed by atoms with Gasteiger partial charge in [0, 0.05) is 0 Å². The molecule has 0 radical (unpaired) electrons. The first kappa shape index (κ1) is 14.8. The Morgan fingerprint density at radius 2 is 1.92 bits per heavy atom. The molecule has 4 aromatic rings. The quantitative estimate of drug-likeness (QED) is 0.570. The summed E-state index contributed by atoms with van der Waals surface area (Å²) in [7, 11) is 0. The van der Waals surface area contributed by atoms with Crippen molar-refractivity contribution in [3.63, 3.8) is 0 Å². The van der Waals surface area contributed by atoms with E-state index in [0.29, 0.717) is 16.0 Å². The lowest BCUT2D eigenvalue weighted by atomic mass is 10.2. The summed E-state index contributed by atoms with van der Waals surface area (Å²) in [6.07, 6.45) is 1.58. The van der Waals surface area contributed by atoms with Crippen molar-refractivity contribution in [2.75, 3.05) is 0 Å². The molecule has 3 aromatic heterocycles. The fourth-order valence-corrected chi connectivity index (χ4v) is 3.71. The van der Waals surface area contributed by atoms with Crippen LogP contribution in [0.1, 0.15) is 5.56 Å². The van der Waals surface area contributed by atoms with Gasteiger partial charge in [-0.1, -0.05) is 6.07 Å². The van der Waals surface area contributed by atoms with Crippen LogP contribution in [0.5, 0.6) is 5.75 Å². The first-order valence-electron chi connectivity index (χ1n) is 7.10. The highest BCUT2D eigenvalue weighted by molar-refractivity contribution is 7.17. The van der Waals surface area contributed by atoms with Crippen molar-refractivity contribution in [1.29, 1.82) is 0 Å². The van der Waals surface area contributed by atoms with E-state index in [2.05, 4.69) is 10.1 Å². The van der Waals surface area contributed by atoms with Gasteiger partial charge >= 0.3 is 0 Å². The van der Waals surface area contributed by atoms with Gasteiger partial charge in [-0.25, -0.2) is 4.98 Å². The average Bonchev–Trinajstić information content (AvgIpc) is 3.27. The highest BCUT2D eigenvalue weighted by Gasteiger charge is 2.13. The lowest BCUT2D eigenvalue weighted by Crippen LogP contribution is -2.19. The van der Waals surface area contributed by atoms with Crippen LogP contribution in [0.2, 0.25) is 0 Å². The molecule has 0 atom stereocenters. The number of hydrogen-bond acceptors (Lipinski definition) is 6. The van der Waals surface area contributed by atoms with Crippen LogP contribution in [0.4, 0.5) is 0 Å². The van der Waals surface area contributed by atoms with Gasteiger partial charge in [-0.2, -0.15) is 9.78 Å². The molecule has 7 heteroatoms. The average molecular weight is 353 g/mol. The summed E-state index contributed by atoms with van der Waals surface area (Å²) in [5.41, 5.74) is 1.28. The Morgan fingerprint density at radius 1 is 1.08 bits per heavy atom. The van der Waals surface area contributed by atoms with E-state index >= 15 is 0 Å². The Hall–Kier alpha value is -2.77. The molecule has 118 valence electrons. The Bertz CT molecular complexity index is 1080. The smallest absolute Gasteiger partial charge is 0.292 e. The maximum absolute atomic E-state index is 12.8. The lowest BCUT2D eigenvalue weighted by Gasteiger charge is -2.05. The van der Waals surface area contributed by atoms with Gasteiger partial charge in [-0.05, 0) is 52.7 Å². The van der Waals surface area contributed by atoms with Gasteiger partial charge in [0.05, 0.1) is 16.6 Å². The molecule has 24 heavy (non-hydrogen) atoms. The molecule has 5 nitrogen and oxygen atoms in total. The van der Waals surface area contributed by atoms with E-state index in [4.69, 9.17) is 0 Å². The van der Waals surface area contributed by atoms with Gasteiger partial charge in [-0.15, -0.1) is 22.7 Å². The summed E-state index contributed by atoms with van der Waals surface area (Å²) in [5, 5.41) is 17.5. The van der Waals surface area contributed by atoms with E-state index in [1.54, 1.807) is 30.5 Å². The van der Waals surface area contributed by atoms with Crippen LogP contribution in [0.15, 0.2) is 63.1 Å². The Labute approximate surface area is 144 Å². The molecule has 0 amide bonds. The summed E-state index contributed by atoms with van der Waals surface area (Å²) in [4.78, 5) is 18.2. The topological polar surface area (TPSA) is 67.5 Å². The van der Waals surface area contributed by atoms with Gasteiger partial charge in [0.1, 0.15) is 10.4 Å². The summed E-state index contributed by atoms with van der Waals surface area (Å²) in [6, 6.07) is 12.3. The summed E-state index contributed by atoms with van der Waals surface area (Å²) in [5.74, 6) is 0.709. The largest absolute Gasteiger partial charge is 0.508 e. The molecular formula is C17H11N3O2S2. The van der Waals surface area contributed by atoms with E-state index in [-0.39, 0.29) is 11.3 Å². The fourth-order valence-electron chi connectivity index (χ4n) is 2.26. The van der Waals surface area contributed by atoms with Crippen LogP contribution < -0.4 is 5.56 Å². The number of fused-ring (bicyclic) bond motifs is 1. The molecule has 0 fully saturated rings. The number of aromatic hydroxyl groups is 1. The number of phenolic OH excluding ortho intramolecular Hbond substituents is 1. The summed E-state index contributed by atoms with van der Waals surface area (Å²) in [6.45, 7) is 0.